The van der Waals surface area contributed by atoms with Gasteiger partial charge in [0.05, 0.1) is 6.04 Å². The molecular weight excluding hydrogens is 224 g/mol. The molecule has 96 valence electrons. The van der Waals surface area contributed by atoms with Crippen LogP contribution in [0.5, 0.6) is 0 Å². The number of hydrogen-bond acceptors (Lipinski definition) is 5. The molecule has 1 aliphatic heterocycles. The predicted octanol–water partition coefficient (Wildman–Crippen LogP) is -0.750. The number of carbonyl (C=O) groups excluding carboxylic acids is 2. The Labute approximate surface area is 99.6 Å². The van der Waals surface area contributed by atoms with Gasteiger partial charge in [-0.25, -0.2) is 0 Å². The van der Waals surface area contributed by atoms with Gasteiger partial charge in [-0.05, 0) is 19.4 Å². The van der Waals surface area contributed by atoms with Gasteiger partial charge in [0.15, 0.2) is 0 Å². The number of nitrogens with two attached hydrogens (primary N) is 1. The third-order valence-electron chi connectivity index (χ3n) is 2.78. The van der Waals surface area contributed by atoms with Crippen molar-refractivity contribution in [2.24, 2.45) is 10.9 Å². The van der Waals surface area contributed by atoms with Crippen LogP contribution in [0, 0.1) is 0 Å². The van der Waals surface area contributed by atoms with E-state index in [9.17, 15) is 9.59 Å². The van der Waals surface area contributed by atoms with Crippen LogP contribution in [0.15, 0.2) is 5.16 Å². The lowest BCUT2D eigenvalue weighted by molar-refractivity contribution is -0.148. The fourth-order valence-corrected chi connectivity index (χ4v) is 1.70. The average Bonchev–Trinajstić information content (AvgIpc) is 2.33. The second-order valence-electron chi connectivity index (χ2n) is 4.03. The van der Waals surface area contributed by atoms with Crippen molar-refractivity contribution < 1.29 is 14.8 Å². The van der Waals surface area contributed by atoms with Gasteiger partial charge in [0.1, 0.15) is 5.84 Å². The largest absolute Gasteiger partial charge is 0.409 e. The topological polar surface area (TPSA) is 108 Å². The number of likely N-dealkylation sites (N-methyl/N-ethyl adjacent to an activating group) is 1. The second kappa shape index (κ2) is 6.19. The quantitative estimate of drug-likeness (QED) is 0.147. The van der Waals surface area contributed by atoms with Gasteiger partial charge in [-0.1, -0.05) is 5.16 Å². The molecule has 1 unspecified atom stereocenters. The summed E-state index contributed by atoms with van der Waals surface area (Å²) in [5, 5.41) is 14.3. The molecule has 17 heavy (non-hydrogen) atoms. The summed E-state index contributed by atoms with van der Waals surface area (Å²) in [7, 11) is 1.49. The van der Waals surface area contributed by atoms with Gasteiger partial charge >= 0.3 is 0 Å². The molecule has 0 aromatic carbocycles. The van der Waals surface area contributed by atoms with Gasteiger partial charge in [0.2, 0.25) is 11.8 Å². The van der Waals surface area contributed by atoms with E-state index >= 15 is 0 Å². The fourth-order valence-electron chi connectivity index (χ4n) is 1.70. The molecule has 0 bridgehead atoms. The van der Waals surface area contributed by atoms with Crippen molar-refractivity contribution in [3.8, 4) is 0 Å². The predicted molar refractivity (Wildman–Crippen MR) is 61.4 cm³/mol. The zero-order valence-electron chi connectivity index (χ0n) is 9.85. The summed E-state index contributed by atoms with van der Waals surface area (Å²) in [4.78, 5) is 24.1. The highest BCUT2D eigenvalue weighted by Gasteiger charge is 2.30. The van der Waals surface area contributed by atoms with Crippen LogP contribution in [-0.4, -0.2) is 47.4 Å². The summed E-state index contributed by atoms with van der Waals surface area (Å²) in [6, 6.07) is -0.301. The molecule has 4 N–H and O–H groups in total. The minimum absolute atomic E-state index is 0.135. The molecule has 1 saturated heterocycles. The Morgan fingerprint density at radius 2 is 2.35 bits per heavy atom. The van der Waals surface area contributed by atoms with Gasteiger partial charge in [0, 0.05) is 19.9 Å². The maximum atomic E-state index is 11.7. The van der Waals surface area contributed by atoms with Crippen molar-refractivity contribution in [3.63, 3.8) is 0 Å². The first-order chi connectivity index (χ1) is 8.06. The van der Waals surface area contributed by atoms with Crippen LogP contribution >= 0.6 is 0 Å². The summed E-state index contributed by atoms with van der Waals surface area (Å²) in [6.07, 6.45) is 2.07. The molecule has 1 heterocycles. The van der Waals surface area contributed by atoms with Crippen LogP contribution < -0.4 is 11.1 Å². The minimum atomic E-state index is -0.301. The first-order valence-electron chi connectivity index (χ1n) is 5.56. The number of nitrogens with zero attached hydrogens (tertiary/aromatic N) is 2. The third-order valence-corrected chi connectivity index (χ3v) is 2.78. The monoisotopic (exact) mass is 242 g/mol. The molecular formula is C10H18N4O3. The van der Waals surface area contributed by atoms with Gasteiger partial charge in [-0.2, -0.15) is 0 Å². The van der Waals surface area contributed by atoms with E-state index in [1.54, 1.807) is 0 Å². The fraction of sp³-hybridized carbons (Fsp3) is 0.700. The molecule has 0 aromatic rings. The van der Waals surface area contributed by atoms with Gasteiger partial charge in [-0.15, -0.1) is 0 Å². The van der Waals surface area contributed by atoms with Crippen molar-refractivity contribution in [1.29, 1.82) is 0 Å². The Hall–Kier alpha value is -1.63. The number of amidine groups is 1. The first-order valence-corrected chi connectivity index (χ1v) is 5.56. The van der Waals surface area contributed by atoms with Crippen LogP contribution in [-0.2, 0) is 9.59 Å². The summed E-state index contributed by atoms with van der Waals surface area (Å²) in [5.74, 6) is -0.149. The number of rotatable bonds is 5. The number of amides is 2. The highest BCUT2D eigenvalue weighted by atomic mass is 16.4. The zero-order chi connectivity index (χ0) is 12.8. The molecule has 1 aliphatic rings. The highest BCUT2D eigenvalue weighted by Crippen LogP contribution is 2.11. The van der Waals surface area contributed by atoms with Crippen LogP contribution in [0.25, 0.3) is 0 Å². The van der Waals surface area contributed by atoms with Crippen molar-refractivity contribution in [1.82, 2.24) is 10.2 Å². The molecule has 1 atom stereocenters. The number of likely N-dealkylation sites (tertiary alicyclic amines) is 1. The molecule has 0 saturated carbocycles. The van der Waals surface area contributed by atoms with Crippen LogP contribution in [0.4, 0.5) is 0 Å². The van der Waals surface area contributed by atoms with Crippen molar-refractivity contribution in [2.75, 3.05) is 13.6 Å². The van der Waals surface area contributed by atoms with Crippen LogP contribution in [0.1, 0.15) is 25.7 Å². The van der Waals surface area contributed by atoms with E-state index in [0.717, 1.165) is 4.90 Å². The molecule has 2 amide bonds. The molecule has 1 fully saturated rings. The van der Waals surface area contributed by atoms with Gasteiger partial charge < -0.3 is 16.3 Å². The van der Waals surface area contributed by atoms with E-state index in [4.69, 9.17) is 10.9 Å². The standard InChI is InChI=1S/C10H18N4O3/c1-14-9(15)5-4-7(10(14)16)12-6-2-3-8(11)13-17/h7,12,17H,2-6H2,1H3,(H2,11,13). The SMILES string of the molecule is CN1C(=O)CCC(NCCCC(N)=NO)C1=O. The number of piperidine rings is 1. The number of nitrogens with one attached hydrogen (secondary N) is 1. The Bertz CT molecular complexity index is 330. The molecule has 0 aromatic heterocycles. The van der Waals surface area contributed by atoms with E-state index in [-0.39, 0.29) is 23.7 Å². The molecule has 1 rings (SSSR count). The second-order valence-corrected chi connectivity index (χ2v) is 4.03. The van der Waals surface area contributed by atoms with Crippen LogP contribution in [0.3, 0.4) is 0 Å². The number of carbonyl (C=O) groups is 2. The van der Waals surface area contributed by atoms with Crippen molar-refractivity contribution >= 4 is 17.6 Å². The van der Waals surface area contributed by atoms with Crippen molar-refractivity contribution in [2.45, 2.75) is 31.7 Å². The van der Waals surface area contributed by atoms with E-state index in [1.165, 1.54) is 7.05 Å². The lowest BCUT2D eigenvalue weighted by Crippen LogP contribution is -2.51. The van der Waals surface area contributed by atoms with Gasteiger partial charge in [-0.3, -0.25) is 14.5 Å². The molecule has 0 spiro atoms. The zero-order valence-corrected chi connectivity index (χ0v) is 9.85. The van der Waals surface area contributed by atoms with Crippen LogP contribution in [0.2, 0.25) is 0 Å². The lowest BCUT2D eigenvalue weighted by atomic mass is 10.0. The number of oxime groups is 1. The Kier molecular flexibility index (Phi) is 4.89. The van der Waals surface area contributed by atoms with E-state index in [0.29, 0.717) is 32.2 Å². The lowest BCUT2D eigenvalue weighted by Gasteiger charge is -2.28. The number of imide groups is 1. The maximum Gasteiger partial charge on any atom is 0.246 e. The summed E-state index contributed by atoms with van der Waals surface area (Å²) < 4.78 is 0. The first kappa shape index (κ1) is 13.4. The minimum Gasteiger partial charge on any atom is -0.409 e. The molecule has 0 aliphatic carbocycles. The van der Waals surface area contributed by atoms with E-state index in [2.05, 4.69) is 10.5 Å². The van der Waals surface area contributed by atoms with E-state index in [1.807, 2.05) is 0 Å². The summed E-state index contributed by atoms with van der Waals surface area (Å²) in [6.45, 7) is 0.592. The number of hydrogen-bond donors (Lipinski definition) is 3. The Balaban J connectivity index is 2.28. The van der Waals surface area contributed by atoms with Crippen molar-refractivity contribution in [3.05, 3.63) is 0 Å². The van der Waals surface area contributed by atoms with E-state index < -0.39 is 0 Å². The maximum absolute atomic E-state index is 11.7. The molecule has 7 nitrogen and oxygen atoms in total. The summed E-state index contributed by atoms with van der Waals surface area (Å²) in [5.41, 5.74) is 5.31. The third kappa shape index (κ3) is 3.70. The van der Waals surface area contributed by atoms with Gasteiger partial charge in [0.25, 0.3) is 0 Å². The molecule has 0 radical (unpaired) electrons. The Morgan fingerprint density at radius 1 is 1.65 bits per heavy atom. The highest BCUT2D eigenvalue weighted by molar-refractivity contribution is 6.00. The normalized spacial score (nSPS) is 22.1. The average molecular weight is 242 g/mol. The smallest absolute Gasteiger partial charge is 0.246 e. The summed E-state index contributed by atoms with van der Waals surface area (Å²) >= 11 is 0. The Morgan fingerprint density at radius 3 is 3.00 bits per heavy atom. The molecule has 7 heteroatoms.